The number of nitrogens with zero attached hydrogens (tertiary/aromatic N) is 1. The van der Waals surface area contributed by atoms with E-state index in [0.29, 0.717) is 5.41 Å². The predicted octanol–water partition coefficient (Wildman–Crippen LogP) is 1.49. The van der Waals surface area contributed by atoms with Gasteiger partial charge in [0.1, 0.15) is 0 Å². The van der Waals surface area contributed by atoms with Crippen LogP contribution in [0.1, 0.15) is 32.1 Å². The van der Waals surface area contributed by atoms with E-state index < -0.39 is 0 Å². The van der Waals surface area contributed by atoms with Crippen LogP contribution in [-0.4, -0.2) is 51.3 Å². The molecule has 2 rings (SSSR count). The Hall–Kier alpha value is -0.120. The molecule has 2 aliphatic rings. The molecule has 0 atom stereocenters. The smallest absolute Gasteiger partial charge is 0.0474 e. The quantitative estimate of drug-likeness (QED) is 0.735. The van der Waals surface area contributed by atoms with E-state index in [2.05, 4.69) is 10.2 Å². The summed E-state index contributed by atoms with van der Waals surface area (Å²) in [4.78, 5) is 2.62. The molecule has 1 spiro atoms. The maximum absolute atomic E-state index is 5.11. The second-order valence-corrected chi connectivity index (χ2v) is 5.44. The Balaban J connectivity index is 1.69. The number of piperidine rings is 2. The zero-order chi connectivity index (χ0) is 11.3. The lowest BCUT2D eigenvalue weighted by Crippen LogP contribution is -2.45. The van der Waals surface area contributed by atoms with Crippen LogP contribution < -0.4 is 5.32 Å². The van der Waals surface area contributed by atoms with Crippen LogP contribution in [0.3, 0.4) is 0 Å². The van der Waals surface area contributed by atoms with Crippen molar-refractivity contribution < 1.29 is 4.74 Å². The third-order valence-corrected chi connectivity index (χ3v) is 4.40. The van der Waals surface area contributed by atoms with Crippen LogP contribution >= 0.6 is 0 Å². The Labute approximate surface area is 99.5 Å². The molecule has 0 aromatic rings. The number of likely N-dealkylation sites (tertiary alicyclic amines) is 1. The van der Waals surface area contributed by atoms with Gasteiger partial charge in [0, 0.05) is 20.3 Å². The van der Waals surface area contributed by atoms with Gasteiger partial charge in [-0.15, -0.1) is 0 Å². The maximum atomic E-state index is 5.11. The molecule has 16 heavy (non-hydrogen) atoms. The van der Waals surface area contributed by atoms with Crippen LogP contribution in [0, 0.1) is 5.41 Å². The van der Waals surface area contributed by atoms with Crippen molar-refractivity contribution in [1.29, 1.82) is 0 Å². The minimum absolute atomic E-state index is 0.697. The predicted molar refractivity (Wildman–Crippen MR) is 66.7 cm³/mol. The van der Waals surface area contributed by atoms with Crippen LogP contribution in [0.4, 0.5) is 0 Å². The molecule has 1 N–H and O–H groups in total. The molecule has 2 saturated heterocycles. The van der Waals surface area contributed by atoms with E-state index in [-0.39, 0.29) is 0 Å². The van der Waals surface area contributed by atoms with E-state index in [1.807, 2.05) is 0 Å². The first-order valence-electron chi connectivity index (χ1n) is 6.77. The lowest BCUT2D eigenvalue weighted by Gasteiger charge is -2.44. The van der Waals surface area contributed by atoms with Crippen LogP contribution in [0.5, 0.6) is 0 Å². The number of ether oxygens (including phenoxy) is 1. The molecule has 2 fully saturated rings. The van der Waals surface area contributed by atoms with Crippen molar-refractivity contribution in [2.75, 3.05) is 46.4 Å². The zero-order valence-electron chi connectivity index (χ0n) is 10.6. The van der Waals surface area contributed by atoms with E-state index in [0.717, 1.165) is 6.61 Å². The number of hydrogen-bond acceptors (Lipinski definition) is 3. The van der Waals surface area contributed by atoms with Crippen LogP contribution in [0.2, 0.25) is 0 Å². The van der Waals surface area contributed by atoms with Crippen molar-refractivity contribution in [2.24, 2.45) is 5.41 Å². The largest absolute Gasteiger partial charge is 0.385 e. The van der Waals surface area contributed by atoms with Gasteiger partial charge >= 0.3 is 0 Å². The second kappa shape index (κ2) is 5.99. The Morgan fingerprint density at radius 2 is 1.81 bits per heavy atom. The second-order valence-electron chi connectivity index (χ2n) is 5.44. The molecule has 2 heterocycles. The van der Waals surface area contributed by atoms with Gasteiger partial charge in [-0.1, -0.05) is 0 Å². The Bertz CT molecular complexity index is 192. The number of rotatable bonds is 4. The average molecular weight is 226 g/mol. The summed E-state index contributed by atoms with van der Waals surface area (Å²) in [6.07, 6.45) is 6.83. The summed E-state index contributed by atoms with van der Waals surface area (Å²) in [6, 6.07) is 0. The van der Waals surface area contributed by atoms with Gasteiger partial charge in [-0.05, 0) is 63.7 Å². The van der Waals surface area contributed by atoms with Crippen molar-refractivity contribution in [3.8, 4) is 0 Å². The summed E-state index contributed by atoms with van der Waals surface area (Å²) in [5.74, 6) is 0. The van der Waals surface area contributed by atoms with Gasteiger partial charge in [0.05, 0.1) is 0 Å². The number of nitrogens with one attached hydrogen (secondary N) is 1. The van der Waals surface area contributed by atoms with Gasteiger partial charge in [0.15, 0.2) is 0 Å². The Morgan fingerprint density at radius 1 is 1.12 bits per heavy atom. The van der Waals surface area contributed by atoms with Gasteiger partial charge in [0.25, 0.3) is 0 Å². The monoisotopic (exact) mass is 226 g/mol. The third-order valence-electron chi connectivity index (χ3n) is 4.40. The van der Waals surface area contributed by atoms with E-state index in [4.69, 9.17) is 4.74 Å². The van der Waals surface area contributed by atoms with Crippen LogP contribution in [0.15, 0.2) is 0 Å². The summed E-state index contributed by atoms with van der Waals surface area (Å²) >= 11 is 0. The van der Waals surface area contributed by atoms with Gasteiger partial charge in [-0.25, -0.2) is 0 Å². The highest BCUT2D eigenvalue weighted by Gasteiger charge is 2.35. The summed E-state index contributed by atoms with van der Waals surface area (Å²) in [7, 11) is 1.79. The third kappa shape index (κ3) is 3.19. The highest BCUT2D eigenvalue weighted by atomic mass is 16.5. The van der Waals surface area contributed by atoms with Crippen LogP contribution in [-0.2, 0) is 4.74 Å². The average Bonchev–Trinajstić information content (AvgIpc) is 2.33. The molecule has 0 amide bonds. The fraction of sp³-hybridized carbons (Fsp3) is 1.00. The van der Waals surface area contributed by atoms with Crippen molar-refractivity contribution in [1.82, 2.24) is 10.2 Å². The van der Waals surface area contributed by atoms with Crippen molar-refractivity contribution in [3.05, 3.63) is 0 Å². The highest BCUT2D eigenvalue weighted by molar-refractivity contribution is 4.89. The molecular formula is C13H26N2O. The lowest BCUT2D eigenvalue weighted by atomic mass is 9.71. The fourth-order valence-corrected chi connectivity index (χ4v) is 3.14. The lowest BCUT2D eigenvalue weighted by molar-refractivity contribution is 0.0682. The van der Waals surface area contributed by atoms with E-state index in [1.165, 1.54) is 64.8 Å². The first-order valence-corrected chi connectivity index (χ1v) is 6.77. The molecule has 0 bridgehead atoms. The minimum Gasteiger partial charge on any atom is -0.385 e. The van der Waals surface area contributed by atoms with Gasteiger partial charge in [-0.3, -0.25) is 0 Å². The summed E-state index contributed by atoms with van der Waals surface area (Å²) < 4.78 is 5.11. The zero-order valence-corrected chi connectivity index (χ0v) is 10.6. The maximum Gasteiger partial charge on any atom is 0.0474 e. The molecule has 0 aromatic heterocycles. The Morgan fingerprint density at radius 3 is 2.44 bits per heavy atom. The summed E-state index contributed by atoms with van der Waals surface area (Å²) in [6.45, 7) is 7.23. The van der Waals surface area contributed by atoms with Gasteiger partial charge in [-0.2, -0.15) is 0 Å². The molecule has 3 nitrogen and oxygen atoms in total. The van der Waals surface area contributed by atoms with Gasteiger partial charge < -0.3 is 15.0 Å². The van der Waals surface area contributed by atoms with Crippen molar-refractivity contribution >= 4 is 0 Å². The molecule has 94 valence electrons. The molecule has 0 aliphatic carbocycles. The molecule has 2 aliphatic heterocycles. The molecule has 3 heteroatoms. The van der Waals surface area contributed by atoms with E-state index >= 15 is 0 Å². The topological polar surface area (TPSA) is 24.5 Å². The van der Waals surface area contributed by atoms with Gasteiger partial charge in [0.2, 0.25) is 0 Å². The summed E-state index contributed by atoms with van der Waals surface area (Å²) in [5.41, 5.74) is 0.697. The van der Waals surface area contributed by atoms with Crippen LogP contribution in [0.25, 0.3) is 0 Å². The standard InChI is InChI=1S/C13H26N2O/c1-16-12-2-9-15-10-5-13(6-11-15)3-7-14-8-4-13/h14H,2-12H2,1H3. The molecule has 0 unspecified atom stereocenters. The van der Waals surface area contributed by atoms with Crippen molar-refractivity contribution in [2.45, 2.75) is 32.1 Å². The summed E-state index contributed by atoms with van der Waals surface area (Å²) in [5, 5.41) is 3.48. The van der Waals surface area contributed by atoms with Crippen molar-refractivity contribution in [3.63, 3.8) is 0 Å². The first-order chi connectivity index (χ1) is 7.85. The van der Waals surface area contributed by atoms with E-state index in [1.54, 1.807) is 7.11 Å². The molecule has 0 aromatic carbocycles. The SMILES string of the molecule is COCCCN1CCC2(CCNCC2)CC1. The molecule has 0 radical (unpaired) electrons. The van der Waals surface area contributed by atoms with E-state index in [9.17, 15) is 0 Å². The first kappa shape index (κ1) is 12.3. The fourth-order valence-electron chi connectivity index (χ4n) is 3.14. The number of hydrogen-bond donors (Lipinski definition) is 1. The highest BCUT2D eigenvalue weighted by Crippen LogP contribution is 2.39. The molecule has 0 saturated carbocycles. The molecular weight excluding hydrogens is 200 g/mol. The normalized spacial score (nSPS) is 26.1. The number of methoxy groups -OCH3 is 1. The Kier molecular flexibility index (Phi) is 4.62. The minimum atomic E-state index is 0.697.